The summed E-state index contributed by atoms with van der Waals surface area (Å²) in [6, 6.07) is 0. The molecule has 0 aromatic heterocycles. The van der Waals surface area contributed by atoms with Crippen LogP contribution in [0.4, 0.5) is 4.79 Å². The average Bonchev–Trinajstić information content (AvgIpc) is 1.41. The number of rotatable bonds is 0. The molecule has 0 saturated heterocycles. The van der Waals surface area contributed by atoms with E-state index in [1.807, 2.05) is 0 Å². The Bertz CT molecular complexity index is 37.0. The van der Waals surface area contributed by atoms with Crippen LogP contribution in [0.5, 0.6) is 0 Å². The van der Waals surface area contributed by atoms with Crippen LogP contribution in [-0.2, 0) is 0 Å². The molecule has 0 heterocycles. The van der Waals surface area contributed by atoms with Gasteiger partial charge in [0.1, 0.15) is 0 Å². The van der Waals surface area contributed by atoms with E-state index in [9.17, 15) is 0 Å². The van der Waals surface area contributed by atoms with Crippen LogP contribution >= 0.6 is 11.9 Å². The SMILES string of the molecule is O=C([O-])O.[Na+].[Na+].[O-]Cl. The zero-order valence-electron chi connectivity index (χ0n) is 4.55. The minimum absolute atomic E-state index is 0. The average molecular weight is 158 g/mol. The fourth-order valence-corrected chi connectivity index (χ4v) is 0. The molecule has 0 amide bonds. The van der Waals surface area contributed by atoms with Crippen molar-refractivity contribution >= 4 is 18.0 Å². The maximum Gasteiger partial charge on any atom is 1.00 e. The number of hydrogen-bond donors (Lipinski definition) is 1. The molecule has 0 fully saturated rings. The Labute approximate surface area is 95.6 Å². The summed E-state index contributed by atoms with van der Waals surface area (Å²) in [5.41, 5.74) is 0. The van der Waals surface area contributed by atoms with Crippen LogP contribution in [0.3, 0.4) is 0 Å². The first-order valence-electron chi connectivity index (χ1n) is 0.786. The number of hydrogen-bond acceptors (Lipinski definition) is 3. The van der Waals surface area contributed by atoms with Gasteiger partial charge in [0.2, 0.25) is 6.16 Å². The van der Waals surface area contributed by atoms with E-state index in [1.165, 1.54) is 0 Å². The van der Waals surface area contributed by atoms with Crippen molar-refractivity contribution < 1.29 is 78.8 Å². The molecule has 0 aliphatic rings. The number of halogens is 1. The van der Waals surface area contributed by atoms with Gasteiger partial charge in [0.05, 0.1) is 0 Å². The Morgan fingerprint density at radius 2 is 1.38 bits per heavy atom. The third-order valence-electron chi connectivity index (χ3n) is 0. The van der Waals surface area contributed by atoms with Crippen molar-refractivity contribution in [1.29, 1.82) is 0 Å². The summed E-state index contributed by atoms with van der Waals surface area (Å²) in [5.74, 6) is 0. The largest absolute Gasteiger partial charge is 1.00 e. The number of carbonyl (C=O) groups is 1. The van der Waals surface area contributed by atoms with Crippen molar-refractivity contribution in [1.82, 2.24) is 0 Å². The molecule has 0 aliphatic carbocycles. The molecule has 0 rings (SSSR count). The van der Waals surface area contributed by atoms with Crippen molar-refractivity contribution in [2.75, 3.05) is 0 Å². The minimum Gasteiger partial charge on any atom is -0.769 e. The second-order valence-corrected chi connectivity index (χ2v) is 0.266. The molecule has 0 aromatic carbocycles. The Kier molecular flexibility index (Phi) is 66.9. The molecule has 0 bridgehead atoms. The first-order valence-corrected chi connectivity index (χ1v) is 1.09. The monoisotopic (exact) mass is 158 g/mol. The van der Waals surface area contributed by atoms with E-state index in [0.717, 1.165) is 0 Å². The van der Waals surface area contributed by atoms with Crippen LogP contribution in [0.2, 0.25) is 0 Å². The van der Waals surface area contributed by atoms with Gasteiger partial charge in [0.15, 0.2) is 0 Å². The second-order valence-electron chi connectivity index (χ2n) is 0.266. The van der Waals surface area contributed by atoms with Crippen molar-refractivity contribution in [3.05, 3.63) is 0 Å². The summed E-state index contributed by atoms with van der Waals surface area (Å²) in [7, 11) is 0. The summed E-state index contributed by atoms with van der Waals surface area (Å²) in [6.45, 7) is 0. The molecule has 0 radical (unpaired) electrons. The fourth-order valence-electron chi connectivity index (χ4n) is 0. The summed E-state index contributed by atoms with van der Waals surface area (Å²) in [6.07, 6.45) is -2.08. The smallest absolute Gasteiger partial charge is 0.769 e. The van der Waals surface area contributed by atoms with Gasteiger partial charge in [-0.15, -0.1) is 0 Å². The summed E-state index contributed by atoms with van der Waals surface area (Å²) in [5, 5.41) is 15.3. The van der Waals surface area contributed by atoms with Gasteiger partial charge >= 0.3 is 59.1 Å². The minimum atomic E-state index is -2.08. The van der Waals surface area contributed by atoms with Crippen LogP contribution in [0.25, 0.3) is 0 Å². The fraction of sp³-hybridized carbons (Fsp3) is 0. The molecule has 8 heavy (non-hydrogen) atoms. The summed E-state index contributed by atoms with van der Waals surface area (Å²) >= 11 is 3.39. The standard InChI is InChI=1S/CH2O3.ClO.2Na/c2-1(3)4;1-2;;/h(H2,2,3,4);;;/q;-1;2*+1/p-1. The van der Waals surface area contributed by atoms with E-state index in [2.05, 4.69) is 11.9 Å². The normalized spacial score (nSPS) is 3.75. The maximum atomic E-state index is 8.44. The molecule has 0 unspecified atom stereocenters. The zero-order chi connectivity index (χ0) is 5.58. The Hall–Kier alpha value is 1.52. The molecule has 7 heteroatoms. The molecule has 0 atom stereocenters. The van der Waals surface area contributed by atoms with Crippen LogP contribution in [0.15, 0.2) is 0 Å². The van der Waals surface area contributed by atoms with Crippen molar-refractivity contribution in [3.8, 4) is 0 Å². The quantitative estimate of drug-likeness (QED) is 0.355. The van der Waals surface area contributed by atoms with Gasteiger partial charge in [-0.1, -0.05) is 0 Å². The second kappa shape index (κ2) is 23.6. The molecule has 38 valence electrons. The Morgan fingerprint density at radius 1 is 1.38 bits per heavy atom. The Morgan fingerprint density at radius 3 is 1.38 bits per heavy atom. The molecule has 4 nitrogen and oxygen atoms in total. The molecular formula is CHClNa2O4. The van der Waals surface area contributed by atoms with Crippen LogP contribution in [0, 0.1) is 0 Å². The van der Waals surface area contributed by atoms with E-state index >= 15 is 0 Å². The molecular weight excluding hydrogens is 157 g/mol. The first kappa shape index (κ1) is 22.7. The Balaban J connectivity index is -0.0000000183. The van der Waals surface area contributed by atoms with Gasteiger partial charge in [-0.05, 0) is 0 Å². The van der Waals surface area contributed by atoms with Gasteiger partial charge in [-0.25, -0.2) is 11.9 Å². The summed E-state index contributed by atoms with van der Waals surface area (Å²) in [4.78, 5) is 8.44. The van der Waals surface area contributed by atoms with Gasteiger partial charge in [-0.3, -0.25) is 0 Å². The number of carboxylic acid groups (broad SMARTS) is 2. The maximum absolute atomic E-state index is 8.44. The van der Waals surface area contributed by atoms with E-state index in [0.29, 0.717) is 0 Å². The molecule has 1 N–H and O–H groups in total. The summed E-state index contributed by atoms with van der Waals surface area (Å²) < 4.78 is 7.72. The predicted octanol–water partition coefficient (Wildman–Crippen LogP) is -7.60. The van der Waals surface area contributed by atoms with Gasteiger partial charge in [0, 0.05) is 0 Å². The zero-order valence-corrected chi connectivity index (χ0v) is 9.31. The van der Waals surface area contributed by atoms with Gasteiger partial charge < -0.3 is 19.7 Å². The predicted molar refractivity (Wildman–Crippen MR) is 13.9 cm³/mol. The van der Waals surface area contributed by atoms with Crippen LogP contribution < -0.4 is 68.9 Å². The van der Waals surface area contributed by atoms with Crippen LogP contribution in [-0.4, -0.2) is 11.3 Å². The van der Waals surface area contributed by atoms with Gasteiger partial charge in [-0.2, -0.15) is 0 Å². The van der Waals surface area contributed by atoms with Crippen molar-refractivity contribution in [2.45, 2.75) is 0 Å². The van der Waals surface area contributed by atoms with E-state index in [1.54, 1.807) is 0 Å². The van der Waals surface area contributed by atoms with Crippen LogP contribution in [0.1, 0.15) is 0 Å². The topological polar surface area (TPSA) is 83.4 Å². The van der Waals surface area contributed by atoms with Crippen molar-refractivity contribution in [2.24, 2.45) is 0 Å². The molecule has 0 spiro atoms. The van der Waals surface area contributed by atoms with E-state index < -0.39 is 6.16 Å². The van der Waals surface area contributed by atoms with Crippen molar-refractivity contribution in [3.63, 3.8) is 0 Å². The molecule has 0 saturated carbocycles. The van der Waals surface area contributed by atoms with Gasteiger partial charge in [0.25, 0.3) is 0 Å². The first-order chi connectivity index (χ1) is 2.73. The van der Waals surface area contributed by atoms with E-state index in [4.69, 9.17) is 19.7 Å². The molecule has 0 aromatic rings. The third-order valence-corrected chi connectivity index (χ3v) is 0. The molecule has 0 aliphatic heterocycles. The van der Waals surface area contributed by atoms with E-state index in [-0.39, 0.29) is 59.1 Å². The third kappa shape index (κ3) is 138.